The lowest BCUT2D eigenvalue weighted by molar-refractivity contribution is 0.572. The van der Waals surface area contributed by atoms with Gasteiger partial charge in [0.1, 0.15) is 0 Å². The molecule has 12 heavy (non-hydrogen) atoms. The molecule has 0 fully saturated rings. The SMILES string of the molecule is CCC(C=CC(CC)CC)CC. The van der Waals surface area contributed by atoms with Gasteiger partial charge in [0.15, 0.2) is 0 Å². The minimum Gasteiger partial charge on any atom is -0.0852 e. The van der Waals surface area contributed by atoms with Crippen molar-refractivity contribution in [2.24, 2.45) is 11.8 Å². The summed E-state index contributed by atoms with van der Waals surface area (Å²) in [7, 11) is 0. The fraction of sp³-hybridized carbons (Fsp3) is 0.833. The van der Waals surface area contributed by atoms with E-state index in [0.29, 0.717) is 0 Å². The van der Waals surface area contributed by atoms with Crippen molar-refractivity contribution >= 4 is 0 Å². The first-order chi connectivity index (χ1) is 5.78. The van der Waals surface area contributed by atoms with E-state index in [0.717, 1.165) is 11.8 Å². The van der Waals surface area contributed by atoms with E-state index in [1.807, 2.05) is 0 Å². The van der Waals surface area contributed by atoms with Crippen LogP contribution in [0.3, 0.4) is 0 Å². The van der Waals surface area contributed by atoms with Gasteiger partial charge in [-0.3, -0.25) is 0 Å². The second-order valence-electron chi connectivity index (χ2n) is 3.54. The van der Waals surface area contributed by atoms with Gasteiger partial charge < -0.3 is 0 Å². The third kappa shape index (κ3) is 4.58. The van der Waals surface area contributed by atoms with Gasteiger partial charge in [-0.2, -0.15) is 0 Å². The highest BCUT2D eigenvalue weighted by atomic mass is 14.1. The van der Waals surface area contributed by atoms with Crippen LogP contribution in [-0.2, 0) is 0 Å². The minimum atomic E-state index is 0.811. The van der Waals surface area contributed by atoms with E-state index in [2.05, 4.69) is 39.8 Å². The smallest absolute Gasteiger partial charge is 0.0239 e. The normalized spacial score (nSPS) is 12.2. The molecule has 0 atom stereocenters. The van der Waals surface area contributed by atoms with E-state index < -0.39 is 0 Å². The highest BCUT2D eigenvalue weighted by Crippen LogP contribution is 2.14. The molecule has 0 nitrogen and oxygen atoms in total. The summed E-state index contributed by atoms with van der Waals surface area (Å²) in [5.74, 6) is 1.62. The van der Waals surface area contributed by atoms with Crippen LogP contribution < -0.4 is 0 Å². The second-order valence-corrected chi connectivity index (χ2v) is 3.54. The lowest BCUT2D eigenvalue weighted by Crippen LogP contribution is -1.95. The Labute approximate surface area is 78.1 Å². The molecule has 0 bridgehead atoms. The summed E-state index contributed by atoms with van der Waals surface area (Å²) in [6, 6.07) is 0. The first-order valence-corrected chi connectivity index (χ1v) is 5.46. The van der Waals surface area contributed by atoms with Crippen molar-refractivity contribution in [2.45, 2.75) is 53.4 Å². The van der Waals surface area contributed by atoms with Crippen LogP contribution in [0.5, 0.6) is 0 Å². The Kier molecular flexibility index (Phi) is 7.23. The summed E-state index contributed by atoms with van der Waals surface area (Å²) in [6.07, 6.45) is 9.97. The van der Waals surface area contributed by atoms with Crippen molar-refractivity contribution in [3.8, 4) is 0 Å². The van der Waals surface area contributed by atoms with Gasteiger partial charge in [0.05, 0.1) is 0 Å². The molecule has 0 aromatic carbocycles. The maximum Gasteiger partial charge on any atom is -0.0239 e. The molecule has 0 saturated carbocycles. The predicted molar refractivity (Wildman–Crippen MR) is 57.3 cm³/mol. The van der Waals surface area contributed by atoms with E-state index in [1.54, 1.807) is 0 Å². The highest BCUT2D eigenvalue weighted by molar-refractivity contribution is 4.91. The Morgan fingerprint density at radius 1 is 0.667 bits per heavy atom. The molecule has 0 aliphatic carbocycles. The molecular formula is C12H24. The summed E-state index contributed by atoms with van der Waals surface area (Å²) < 4.78 is 0. The zero-order chi connectivity index (χ0) is 9.40. The molecule has 0 radical (unpaired) electrons. The molecule has 0 amide bonds. The fourth-order valence-corrected chi connectivity index (χ4v) is 1.44. The van der Waals surface area contributed by atoms with E-state index in [-0.39, 0.29) is 0 Å². The average molecular weight is 168 g/mol. The maximum absolute atomic E-state index is 2.41. The fourth-order valence-electron chi connectivity index (χ4n) is 1.44. The van der Waals surface area contributed by atoms with Crippen molar-refractivity contribution < 1.29 is 0 Å². The molecule has 0 aliphatic heterocycles. The van der Waals surface area contributed by atoms with Crippen molar-refractivity contribution in [3.63, 3.8) is 0 Å². The van der Waals surface area contributed by atoms with Gasteiger partial charge in [0.25, 0.3) is 0 Å². The summed E-state index contributed by atoms with van der Waals surface area (Å²) >= 11 is 0. The molecule has 0 heterocycles. The third-order valence-corrected chi connectivity index (χ3v) is 2.75. The molecule has 0 aromatic heterocycles. The van der Waals surface area contributed by atoms with Crippen LogP contribution in [0.25, 0.3) is 0 Å². The minimum absolute atomic E-state index is 0.811. The maximum atomic E-state index is 2.41. The molecular weight excluding hydrogens is 144 g/mol. The summed E-state index contributed by atoms with van der Waals surface area (Å²) in [6.45, 7) is 9.08. The van der Waals surface area contributed by atoms with Gasteiger partial charge in [-0.05, 0) is 37.5 Å². The Hall–Kier alpha value is -0.260. The second kappa shape index (κ2) is 7.39. The molecule has 0 unspecified atom stereocenters. The molecule has 0 rings (SSSR count). The number of hydrogen-bond donors (Lipinski definition) is 0. The van der Waals surface area contributed by atoms with E-state index in [4.69, 9.17) is 0 Å². The van der Waals surface area contributed by atoms with Gasteiger partial charge in [0, 0.05) is 0 Å². The van der Waals surface area contributed by atoms with Crippen LogP contribution in [0, 0.1) is 11.8 Å². The Morgan fingerprint density at radius 2 is 0.917 bits per heavy atom. The van der Waals surface area contributed by atoms with Crippen molar-refractivity contribution in [2.75, 3.05) is 0 Å². The molecule has 0 heteroatoms. The third-order valence-electron chi connectivity index (χ3n) is 2.75. The number of rotatable bonds is 6. The van der Waals surface area contributed by atoms with E-state index in [9.17, 15) is 0 Å². The van der Waals surface area contributed by atoms with Crippen molar-refractivity contribution in [1.82, 2.24) is 0 Å². The van der Waals surface area contributed by atoms with Crippen LogP contribution in [0.1, 0.15) is 53.4 Å². The Balaban J connectivity index is 3.83. The quantitative estimate of drug-likeness (QED) is 0.515. The largest absolute Gasteiger partial charge is 0.0852 e. The Morgan fingerprint density at radius 3 is 1.08 bits per heavy atom. The van der Waals surface area contributed by atoms with Crippen LogP contribution in [0.2, 0.25) is 0 Å². The summed E-state index contributed by atoms with van der Waals surface area (Å²) in [5.41, 5.74) is 0. The molecule has 0 N–H and O–H groups in total. The van der Waals surface area contributed by atoms with Gasteiger partial charge in [-0.1, -0.05) is 39.8 Å². The van der Waals surface area contributed by atoms with Gasteiger partial charge in [0.2, 0.25) is 0 Å². The van der Waals surface area contributed by atoms with Gasteiger partial charge >= 0.3 is 0 Å². The standard InChI is InChI=1S/C12H24/c1-5-11(6-2)9-10-12(7-3)8-4/h9-12H,5-8H2,1-4H3. The molecule has 0 aliphatic rings. The molecule has 0 spiro atoms. The molecule has 0 saturated heterocycles. The number of hydrogen-bond acceptors (Lipinski definition) is 0. The van der Waals surface area contributed by atoms with Crippen LogP contribution in [-0.4, -0.2) is 0 Å². The Bertz CT molecular complexity index is 91.2. The van der Waals surface area contributed by atoms with Crippen molar-refractivity contribution in [1.29, 1.82) is 0 Å². The van der Waals surface area contributed by atoms with Crippen LogP contribution >= 0.6 is 0 Å². The monoisotopic (exact) mass is 168 g/mol. The highest BCUT2D eigenvalue weighted by Gasteiger charge is 2.00. The van der Waals surface area contributed by atoms with Gasteiger partial charge in [-0.15, -0.1) is 0 Å². The van der Waals surface area contributed by atoms with E-state index in [1.165, 1.54) is 25.7 Å². The lowest BCUT2D eigenvalue weighted by Gasteiger charge is -2.09. The van der Waals surface area contributed by atoms with Crippen molar-refractivity contribution in [3.05, 3.63) is 12.2 Å². The first kappa shape index (κ1) is 11.7. The van der Waals surface area contributed by atoms with Gasteiger partial charge in [-0.25, -0.2) is 0 Å². The predicted octanol–water partition coefficient (Wildman–Crippen LogP) is 4.42. The average Bonchev–Trinajstić information content (AvgIpc) is 2.13. The molecule has 0 aromatic rings. The summed E-state index contributed by atoms with van der Waals surface area (Å²) in [4.78, 5) is 0. The number of allylic oxidation sites excluding steroid dienone is 2. The van der Waals surface area contributed by atoms with Crippen LogP contribution in [0.4, 0.5) is 0 Å². The summed E-state index contributed by atoms with van der Waals surface area (Å²) in [5, 5.41) is 0. The lowest BCUT2D eigenvalue weighted by atomic mass is 9.97. The molecule has 72 valence electrons. The zero-order valence-electron chi connectivity index (χ0n) is 9.14. The zero-order valence-corrected chi connectivity index (χ0v) is 9.14. The van der Waals surface area contributed by atoms with Crippen LogP contribution in [0.15, 0.2) is 12.2 Å². The first-order valence-electron chi connectivity index (χ1n) is 5.46. The topological polar surface area (TPSA) is 0 Å². The van der Waals surface area contributed by atoms with E-state index >= 15 is 0 Å².